The Kier molecular flexibility index (Phi) is 3.93. The molecule has 1 aromatic heterocycles. The van der Waals surface area contributed by atoms with Gasteiger partial charge in [-0.2, -0.15) is 0 Å². The van der Waals surface area contributed by atoms with Crippen molar-refractivity contribution < 1.29 is 9.90 Å². The number of amides is 1. The summed E-state index contributed by atoms with van der Waals surface area (Å²) in [7, 11) is 0. The highest BCUT2D eigenvalue weighted by Crippen LogP contribution is 2.30. The van der Waals surface area contributed by atoms with Crippen LogP contribution in [0.2, 0.25) is 0 Å². The van der Waals surface area contributed by atoms with Gasteiger partial charge in [0, 0.05) is 18.0 Å². The van der Waals surface area contributed by atoms with Gasteiger partial charge in [0.05, 0.1) is 5.52 Å². The highest BCUT2D eigenvalue weighted by atomic mass is 16.4. The lowest BCUT2D eigenvalue weighted by atomic mass is 10.0. The number of hydrogen-bond acceptors (Lipinski definition) is 4. The second-order valence-corrected chi connectivity index (χ2v) is 6.23. The van der Waals surface area contributed by atoms with Crippen molar-refractivity contribution in [2.24, 2.45) is 0 Å². The average molecular weight is 334 g/mol. The fraction of sp³-hybridized carbons (Fsp3) is 0.211. The van der Waals surface area contributed by atoms with Gasteiger partial charge in [-0.15, -0.1) is 0 Å². The number of nitrogens with one attached hydrogen (secondary N) is 2. The van der Waals surface area contributed by atoms with Gasteiger partial charge >= 0.3 is 6.09 Å². The number of carbonyl (C=O) groups is 1. The largest absolute Gasteiger partial charge is 0.465 e. The molecule has 2 aromatic carbocycles. The molecule has 0 spiro atoms. The van der Waals surface area contributed by atoms with Crippen molar-refractivity contribution in [3.05, 3.63) is 54.4 Å². The summed E-state index contributed by atoms with van der Waals surface area (Å²) in [4.78, 5) is 19.4. The fourth-order valence-corrected chi connectivity index (χ4v) is 2.81. The summed E-state index contributed by atoms with van der Waals surface area (Å²) in [5, 5.41) is 15.6. The topological polar surface area (TPSA) is 87.1 Å². The molecule has 3 aromatic rings. The molecule has 1 amide bonds. The molecule has 0 bridgehead atoms. The molecule has 0 unspecified atom stereocenters. The molecule has 6 nitrogen and oxygen atoms in total. The summed E-state index contributed by atoms with van der Waals surface area (Å²) in [6.45, 7) is 0.286. The van der Waals surface area contributed by atoms with Crippen LogP contribution < -0.4 is 10.6 Å². The Morgan fingerprint density at radius 2 is 1.96 bits per heavy atom. The number of rotatable bonds is 5. The number of aromatic nitrogens is 2. The van der Waals surface area contributed by atoms with Crippen LogP contribution in [-0.4, -0.2) is 27.2 Å². The number of nitrogens with zero attached hydrogens (tertiary/aromatic N) is 2. The van der Waals surface area contributed by atoms with E-state index < -0.39 is 6.09 Å². The Labute approximate surface area is 144 Å². The summed E-state index contributed by atoms with van der Waals surface area (Å²) in [5.74, 6) is 0.873. The first-order valence-electron chi connectivity index (χ1n) is 8.26. The van der Waals surface area contributed by atoms with Crippen molar-refractivity contribution in [2.45, 2.75) is 25.4 Å². The Morgan fingerprint density at radius 1 is 1.12 bits per heavy atom. The van der Waals surface area contributed by atoms with Crippen molar-refractivity contribution in [3.8, 4) is 11.1 Å². The SMILES string of the molecule is O=C(O)NCc1cccc(-c2ccc3ncnc(NC4CC4)c3c2)c1. The van der Waals surface area contributed by atoms with Crippen LogP contribution in [0.15, 0.2) is 48.8 Å². The molecular formula is C19H18N4O2. The Morgan fingerprint density at radius 3 is 2.76 bits per heavy atom. The number of benzene rings is 2. The van der Waals surface area contributed by atoms with Gasteiger partial charge in [-0.05, 0) is 47.7 Å². The number of carboxylic acid groups (broad SMARTS) is 1. The Bertz CT molecular complexity index is 938. The van der Waals surface area contributed by atoms with Gasteiger partial charge in [0.15, 0.2) is 0 Å². The molecule has 3 N–H and O–H groups in total. The zero-order valence-electron chi connectivity index (χ0n) is 13.6. The third-order valence-electron chi connectivity index (χ3n) is 4.26. The van der Waals surface area contributed by atoms with E-state index in [-0.39, 0.29) is 6.54 Å². The lowest BCUT2D eigenvalue weighted by Crippen LogP contribution is -2.19. The molecule has 25 heavy (non-hydrogen) atoms. The van der Waals surface area contributed by atoms with E-state index in [1.54, 1.807) is 6.33 Å². The molecule has 1 aliphatic rings. The minimum atomic E-state index is -1.02. The lowest BCUT2D eigenvalue weighted by Gasteiger charge is -2.10. The highest BCUT2D eigenvalue weighted by molar-refractivity contribution is 5.92. The third-order valence-corrected chi connectivity index (χ3v) is 4.26. The maximum absolute atomic E-state index is 10.7. The van der Waals surface area contributed by atoms with Crippen LogP contribution in [0.25, 0.3) is 22.0 Å². The molecule has 1 saturated carbocycles. The van der Waals surface area contributed by atoms with Gasteiger partial charge in [0.2, 0.25) is 0 Å². The van der Waals surface area contributed by atoms with Crippen molar-refractivity contribution in [2.75, 3.05) is 5.32 Å². The summed E-state index contributed by atoms with van der Waals surface area (Å²) >= 11 is 0. The molecule has 1 heterocycles. The van der Waals surface area contributed by atoms with E-state index in [1.165, 1.54) is 12.8 Å². The van der Waals surface area contributed by atoms with Crippen LogP contribution in [0.3, 0.4) is 0 Å². The summed E-state index contributed by atoms with van der Waals surface area (Å²) in [5.41, 5.74) is 3.91. The van der Waals surface area contributed by atoms with Crippen LogP contribution in [0, 0.1) is 0 Å². The molecule has 0 radical (unpaired) electrons. The molecular weight excluding hydrogens is 316 g/mol. The van der Waals surface area contributed by atoms with Crippen molar-refractivity contribution >= 4 is 22.8 Å². The van der Waals surface area contributed by atoms with E-state index >= 15 is 0 Å². The second-order valence-electron chi connectivity index (χ2n) is 6.23. The molecule has 126 valence electrons. The fourth-order valence-electron chi connectivity index (χ4n) is 2.81. The van der Waals surface area contributed by atoms with E-state index in [4.69, 9.17) is 5.11 Å². The van der Waals surface area contributed by atoms with Gasteiger partial charge in [-0.25, -0.2) is 14.8 Å². The predicted octanol–water partition coefficient (Wildman–Crippen LogP) is 3.64. The average Bonchev–Trinajstić information content (AvgIpc) is 3.44. The third kappa shape index (κ3) is 3.52. The first kappa shape index (κ1) is 15.4. The van der Waals surface area contributed by atoms with E-state index in [1.807, 2.05) is 36.4 Å². The minimum absolute atomic E-state index is 0.286. The standard InChI is InChI=1S/C19H18N4O2/c24-19(25)20-10-12-2-1-3-13(8-12)14-4-7-17-16(9-14)18(22-11-21-17)23-15-5-6-15/h1-4,7-9,11,15,20H,5-6,10H2,(H,24,25)(H,21,22,23). The van der Waals surface area contributed by atoms with E-state index in [0.29, 0.717) is 6.04 Å². The molecule has 0 aliphatic heterocycles. The smallest absolute Gasteiger partial charge is 0.404 e. The molecule has 1 aliphatic carbocycles. The predicted molar refractivity (Wildman–Crippen MR) is 96.5 cm³/mol. The van der Waals surface area contributed by atoms with Crippen LogP contribution >= 0.6 is 0 Å². The zero-order valence-corrected chi connectivity index (χ0v) is 13.6. The van der Waals surface area contributed by atoms with E-state index in [2.05, 4.69) is 26.7 Å². The molecule has 4 rings (SSSR count). The molecule has 0 saturated heterocycles. The van der Waals surface area contributed by atoms with Gasteiger partial charge in [-0.1, -0.05) is 24.3 Å². The van der Waals surface area contributed by atoms with Crippen LogP contribution in [0.1, 0.15) is 18.4 Å². The number of hydrogen-bond donors (Lipinski definition) is 3. The van der Waals surface area contributed by atoms with E-state index in [0.717, 1.165) is 33.4 Å². The Balaban J connectivity index is 1.69. The first-order valence-corrected chi connectivity index (χ1v) is 8.26. The summed E-state index contributed by atoms with van der Waals surface area (Å²) < 4.78 is 0. The highest BCUT2D eigenvalue weighted by Gasteiger charge is 2.22. The van der Waals surface area contributed by atoms with Crippen LogP contribution in [0.4, 0.5) is 10.6 Å². The summed E-state index contributed by atoms with van der Waals surface area (Å²) in [6.07, 6.45) is 2.93. The molecule has 0 atom stereocenters. The van der Waals surface area contributed by atoms with Gasteiger partial charge in [-0.3, -0.25) is 0 Å². The quantitative estimate of drug-likeness (QED) is 0.663. The van der Waals surface area contributed by atoms with Gasteiger partial charge < -0.3 is 15.7 Å². The van der Waals surface area contributed by atoms with Crippen molar-refractivity contribution in [3.63, 3.8) is 0 Å². The molecule has 6 heteroatoms. The zero-order chi connectivity index (χ0) is 17.2. The molecule has 1 fully saturated rings. The normalized spacial score (nSPS) is 13.6. The maximum atomic E-state index is 10.7. The van der Waals surface area contributed by atoms with Crippen molar-refractivity contribution in [1.82, 2.24) is 15.3 Å². The van der Waals surface area contributed by atoms with Gasteiger partial charge in [0.1, 0.15) is 12.1 Å². The second kappa shape index (κ2) is 6.39. The van der Waals surface area contributed by atoms with Crippen LogP contribution in [-0.2, 0) is 6.54 Å². The minimum Gasteiger partial charge on any atom is -0.465 e. The first-order chi connectivity index (χ1) is 12.2. The maximum Gasteiger partial charge on any atom is 0.404 e. The van der Waals surface area contributed by atoms with Crippen LogP contribution in [0.5, 0.6) is 0 Å². The number of anilines is 1. The number of fused-ring (bicyclic) bond motifs is 1. The van der Waals surface area contributed by atoms with Gasteiger partial charge in [0.25, 0.3) is 0 Å². The lowest BCUT2D eigenvalue weighted by molar-refractivity contribution is 0.194. The monoisotopic (exact) mass is 334 g/mol. The summed E-state index contributed by atoms with van der Waals surface area (Å²) in [6, 6.07) is 14.5. The van der Waals surface area contributed by atoms with Crippen molar-refractivity contribution in [1.29, 1.82) is 0 Å². The van der Waals surface area contributed by atoms with E-state index in [9.17, 15) is 4.79 Å². The Hall–Kier alpha value is -3.15.